The Morgan fingerprint density at radius 2 is 1.24 bits per heavy atom. The molecule has 0 bridgehead atoms. The van der Waals surface area contributed by atoms with E-state index in [2.05, 4.69) is 7.85 Å². The molecule has 0 unspecified atom stereocenters. The Bertz CT molecular complexity index is 804. The van der Waals surface area contributed by atoms with Crippen molar-refractivity contribution in [3.8, 4) is 7.85 Å². The first-order valence-electron chi connectivity index (χ1n) is 6.64. The Morgan fingerprint density at radius 1 is 0.800 bits per heavy atom. The van der Waals surface area contributed by atoms with Crippen LogP contribution in [0.1, 0.15) is 5.56 Å². The summed E-state index contributed by atoms with van der Waals surface area (Å²) in [5, 5.41) is 19.8. The first-order valence-corrected chi connectivity index (χ1v) is 12.7. The monoisotopic (exact) mass is 570 g/mol. The third-order valence-electron chi connectivity index (χ3n) is 2.60. The summed E-state index contributed by atoms with van der Waals surface area (Å²) in [5.41, 5.74) is 1.00. The average molecular weight is 570 g/mol. The van der Waals surface area contributed by atoms with E-state index in [0.29, 0.717) is 7.14 Å². The maximum atomic E-state index is 10.8. The molecule has 0 amide bonds. The summed E-state index contributed by atoms with van der Waals surface area (Å²) in [4.78, 5) is 21.5. The number of hydrogen-bond acceptors (Lipinski definition) is 6. The van der Waals surface area contributed by atoms with E-state index in [4.69, 9.17) is 6.33 Å². The molecule has 0 aliphatic carbocycles. The molecule has 0 spiro atoms. The quantitative estimate of drug-likeness (QED) is 0.223. The molecule has 0 aromatic heterocycles. The molecule has 2 rings (SSSR count). The van der Waals surface area contributed by atoms with Crippen molar-refractivity contribution < 1.29 is 16.5 Å². The molecule has 0 saturated heterocycles. The molecular formula is C15H12I2N2O6. The number of rotatable bonds is 6. The van der Waals surface area contributed by atoms with Gasteiger partial charge in [-0.1, -0.05) is 0 Å². The van der Waals surface area contributed by atoms with E-state index in [1.54, 1.807) is 42.5 Å². The third-order valence-corrected chi connectivity index (χ3v) is 10.3. The molecule has 2 aromatic rings. The second-order valence-electron chi connectivity index (χ2n) is 4.36. The molecular weight excluding hydrogens is 558 g/mol. The summed E-state index contributed by atoms with van der Waals surface area (Å²) < 4.78 is 16.3. The van der Waals surface area contributed by atoms with Crippen LogP contribution in [0.2, 0.25) is 0 Å². The van der Waals surface area contributed by atoms with Crippen molar-refractivity contribution in [3.05, 3.63) is 87.5 Å². The van der Waals surface area contributed by atoms with Gasteiger partial charge in [-0.2, -0.15) is 0 Å². The van der Waals surface area contributed by atoms with Crippen molar-refractivity contribution in [3.63, 3.8) is 0 Å². The van der Waals surface area contributed by atoms with Crippen LogP contribution in [-0.2, 0) is 6.33 Å². The first-order chi connectivity index (χ1) is 12.0. The Hall–Kier alpha value is -2.14. The first kappa shape index (κ1) is 19.2. The molecule has 0 heterocycles. The number of hydrogen-bond donors (Lipinski definition) is 0. The van der Waals surface area contributed by atoms with Gasteiger partial charge in [0.1, 0.15) is 0 Å². The van der Waals surface area contributed by atoms with E-state index < -0.39 is 50.6 Å². The van der Waals surface area contributed by atoms with Gasteiger partial charge in [-0.25, -0.2) is 0 Å². The molecule has 8 nitrogen and oxygen atoms in total. The topological polar surface area (TPSA) is 105 Å². The van der Waals surface area contributed by atoms with Crippen molar-refractivity contribution in [2.45, 2.75) is 6.92 Å². The van der Waals surface area contributed by atoms with E-state index in [-0.39, 0.29) is 0 Å². The SMILES string of the molecule is Cc1ccc(I(C#CI(O[N+](=O)[O-])c2ccccc2)O[N+](=O)[O-])cc1. The summed E-state index contributed by atoms with van der Waals surface area (Å²) >= 11 is -5.83. The molecule has 0 atom stereocenters. The summed E-state index contributed by atoms with van der Waals surface area (Å²) in [6.45, 7) is 1.90. The Morgan fingerprint density at radius 3 is 1.68 bits per heavy atom. The Kier molecular flexibility index (Phi) is 7.19. The van der Waals surface area contributed by atoms with Gasteiger partial charge < -0.3 is 0 Å². The standard InChI is InChI=1S/C15H12I2N2O6/c1-13-7-9-15(10-8-13)17(25-19(22)23)12-11-16(24-18(20)21)14-5-3-2-4-6-14/h2-10H,1H3. The number of benzene rings is 2. The molecule has 0 saturated carbocycles. The average Bonchev–Trinajstić information content (AvgIpc) is 2.58. The Balaban J connectivity index is 2.33. The van der Waals surface area contributed by atoms with Crippen LogP contribution < -0.4 is 0 Å². The molecule has 0 aliphatic rings. The summed E-state index contributed by atoms with van der Waals surface area (Å²) in [6, 6.07) is 15.7. The summed E-state index contributed by atoms with van der Waals surface area (Å²) in [7, 11) is 0. The van der Waals surface area contributed by atoms with Crippen LogP contribution in [0.15, 0.2) is 54.6 Å². The van der Waals surface area contributed by atoms with Crippen molar-refractivity contribution in [2.75, 3.05) is 0 Å². The van der Waals surface area contributed by atoms with E-state index in [1.807, 2.05) is 19.1 Å². The zero-order valence-corrected chi connectivity index (χ0v) is 17.1. The van der Waals surface area contributed by atoms with Crippen molar-refractivity contribution in [2.24, 2.45) is 0 Å². The van der Waals surface area contributed by atoms with Crippen LogP contribution >= 0.6 is 40.5 Å². The van der Waals surface area contributed by atoms with E-state index in [0.717, 1.165) is 5.56 Å². The zero-order chi connectivity index (χ0) is 18.2. The fraction of sp³-hybridized carbons (Fsp3) is 0.0667. The van der Waals surface area contributed by atoms with Crippen LogP contribution in [0.25, 0.3) is 0 Å². The van der Waals surface area contributed by atoms with Crippen molar-refractivity contribution in [1.29, 1.82) is 0 Å². The fourth-order valence-corrected chi connectivity index (χ4v) is 8.43. The number of aryl methyl sites for hydroxylation is 1. The molecule has 2 aromatic carbocycles. The predicted octanol–water partition coefficient (Wildman–Crippen LogP) is 4.21. The van der Waals surface area contributed by atoms with Gasteiger partial charge in [0, 0.05) is 0 Å². The molecule has 132 valence electrons. The van der Waals surface area contributed by atoms with Gasteiger partial charge in [-0.15, -0.1) is 0 Å². The minimum atomic E-state index is -2.92. The second-order valence-corrected chi connectivity index (χ2v) is 11.6. The number of halogens is 2. The van der Waals surface area contributed by atoms with Gasteiger partial charge in [0.15, 0.2) is 0 Å². The van der Waals surface area contributed by atoms with Gasteiger partial charge in [0.2, 0.25) is 0 Å². The third kappa shape index (κ3) is 6.35. The van der Waals surface area contributed by atoms with E-state index in [9.17, 15) is 20.2 Å². The maximum absolute atomic E-state index is 10.8. The molecule has 0 radical (unpaired) electrons. The Labute approximate surface area is 158 Å². The van der Waals surface area contributed by atoms with E-state index in [1.165, 1.54) is 0 Å². The summed E-state index contributed by atoms with van der Waals surface area (Å²) in [5.74, 6) is 0. The second kappa shape index (κ2) is 9.37. The van der Waals surface area contributed by atoms with Gasteiger partial charge in [0.05, 0.1) is 0 Å². The fourth-order valence-electron chi connectivity index (χ4n) is 1.58. The molecule has 0 N–H and O–H groups in total. The zero-order valence-electron chi connectivity index (χ0n) is 12.8. The van der Waals surface area contributed by atoms with Crippen LogP contribution in [0.3, 0.4) is 0 Å². The van der Waals surface area contributed by atoms with E-state index >= 15 is 0 Å². The van der Waals surface area contributed by atoms with Gasteiger partial charge in [-0.05, 0) is 0 Å². The molecule has 0 fully saturated rings. The molecule has 10 heteroatoms. The minimum absolute atomic E-state index is 0.636. The van der Waals surface area contributed by atoms with Crippen LogP contribution in [0.4, 0.5) is 0 Å². The van der Waals surface area contributed by atoms with Gasteiger partial charge in [0.25, 0.3) is 0 Å². The van der Waals surface area contributed by atoms with Gasteiger partial charge >= 0.3 is 159 Å². The molecule has 0 aliphatic heterocycles. The van der Waals surface area contributed by atoms with Crippen molar-refractivity contribution >= 4 is 40.5 Å². The normalized spacial score (nSPS) is 10.8. The van der Waals surface area contributed by atoms with Gasteiger partial charge in [-0.3, -0.25) is 0 Å². The van der Waals surface area contributed by atoms with Crippen molar-refractivity contribution in [1.82, 2.24) is 0 Å². The molecule has 25 heavy (non-hydrogen) atoms. The van der Waals surface area contributed by atoms with Crippen LogP contribution in [0, 0.1) is 42.1 Å². The summed E-state index contributed by atoms with van der Waals surface area (Å²) in [6.07, 6.45) is 0. The van der Waals surface area contributed by atoms with Crippen LogP contribution in [-0.4, -0.2) is 10.2 Å². The van der Waals surface area contributed by atoms with Crippen LogP contribution in [0.5, 0.6) is 0 Å². The predicted molar refractivity (Wildman–Crippen MR) is 107 cm³/mol. The number of nitrogens with zero attached hydrogens (tertiary/aromatic N) is 2.